The van der Waals surface area contributed by atoms with Crippen molar-refractivity contribution in [2.75, 3.05) is 21.1 Å². The van der Waals surface area contributed by atoms with E-state index in [1.807, 2.05) is 0 Å². The highest BCUT2D eigenvalue weighted by atomic mass is 35.5. The minimum Gasteiger partial charge on any atom is -0.391 e. The van der Waals surface area contributed by atoms with E-state index >= 15 is 0 Å². The zero-order chi connectivity index (χ0) is 8.73. The molecule has 0 radical (unpaired) electrons. The second kappa shape index (κ2) is 7.61. The van der Waals surface area contributed by atoms with E-state index in [0.717, 1.165) is 0 Å². The summed E-state index contributed by atoms with van der Waals surface area (Å²) < 4.78 is 0. The van der Waals surface area contributed by atoms with E-state index in [2.05, 4.69) is 21.1 Å². The third kappa shape index (κ3) is 23.6. The van der Waals surface area contributed by atoms with Gasteiger partial charge in [-0.25, -0.2) is 0 Å². The molecule has 0 rings (SSSR count). The van der Waals surface area contributed by atoms with Crippen LogP contribution in [0.25, 0.3) is 0 Å². The summed E-state index contributed by atoms with van der Waals surface area (Å²) in [6, 6.07) is 0. The van der Waals surface area contributed by atoms with Gasteiger partial charge in [0.1, 0.15) is 4.84 Å². The quantitative estimate of drug-likeness (QED) is 0.554. The number of alkyl halides is 2. The SMILES string of the molecule is CC(O)C(Cl)Cl.C[NH+](C)C. The summed E-state index contributed by atoms with van der Waals surface area (Å²) in [6.45, 7) is 1.53. The average Bonchev–Trinajstić information content (AvgIpc) is 1.63. The highest BCUT2D eigenvalue weighted by Crippen LogP contribution is 2.05. The number of hydrogen-bond donors (Lipinski definition) is 2. The summed E-state index contributed by atoms with van der Waals surface area (Å²) >= 11 is 10.3. The predicted molar refractivity (Wildman–Crippen MR) is 45.9 cm³/mol. The molecule has 10 heavy (non-hydrogen) atoms. The van der Waals surface area contributed by atoms with Crippen molar-refractivity contribution in [1.82, 2.24) is 0 Å². The first-order valence-electron chi connectivity index (χ1n) is 3.11. The summed E-state index contributed by atoms with van der Waals surface area (Å²) in [5, 5.41) is 8.37. The molecule has 0 aromatic heterocycles. The number of nitrogens with one attached hydrogen (secondary N) is 1. The highest BCUT2D eigenvalue weighted by Gasteiger charge is 2.03. The number of halogens is 2. The molecule has 2 nitrogen and oxygen atoms in total. The van der Waals surface area contributed by atoms with Crippen LogP contribution in [-0.4, -0.2) is 37.2 Å². The molecular formula is C6H16Cl2NO+. The maximum absolute atomic E-state index is 8.37. The van der Waals surface area contributed by atoms with Gasteiger partial charge in [-0.3, -0.25) is 0 Å². The number of quaternary nitrogens is 1. The van der Waals surface area contributed by atoms with Crippen LogP contribution in [-0.2, 0) is 0 Å². The van der Waals surface area contributed by atoms with Gasteiger partial charge >= 0.3 is 0 Å². The van der Waals surface area contributed by atoms with Crippen LogP contribution >= 0.6 is 23.2 Å². The molecule has 0 aliphatic rings. The normalized spacial score (nSPS) is 12.9. The summed E-state index contributed by atoms with van der Waals surface area (Å²) in [6.07, 6.45) is -0.617. The van der Waals surface area contributed by atoms with Crippen molar-refractivity contribution in [3.05, 3.63) is 0 Å². The van der Waals surface area contributed by atoms with Crippen molar-refractivity contribution in [3.63, 3.8) is 0 Å². The molecule has 0 heterocycles. The van der Waals surface area contributed by atoms with Gasteiger partial charge in [0, 0.05) is 0 Å². The molecule has 1 atom stereocenters. The third-order valence-electron chi connectivity index (χ3n) is 0.365. The molecule has 1 unspecified atom stereocenters. The van der Waals surface area contributed by atoms with Crippen LogP contribution in [0, 0.1) is 0 Å². The average molecular weight is 189 g/mol. The molecular weight excluding hydrogens is 173 g/mol. The van der Waals surface area contributed by atoms with E-state index in [1.54, 1.807) is 0 Å². The van der Waals surface area contributed by atoms with Gasteiger partial charge in [-0.2, -0.15) is 0 Å². The Bertz CT molecular complexity index is 58.0. The monoisotopic (exact) mass is 188 g/mol. The molecule has 0 saturated carbocycles. The zero-order valence-corrected chi connectivity index (χ0v) is 8.37. The third-order valence-corrected chi connectivity index (χ3v) is 1.09. The minimum absolute atomic E-state index is 0.617. The Balaban J connectivity index is 0. The molecule has 0 bridgehead atoms. The second-order valence-corrected chi connectivity index (χ2v) is 3.74. The fraction of sp³-hybridized carbons (Fsp3) is 1.00. The van der Waals surface area contributed by atoms with E-state index in [9.17, 15) is 0 Å². The van der Waals surface area contributed by atoms with Gasteiger partial charge in [-0.15, -0.1) is 23.2 Å². The smallest absolute Gasteiger partial charge is 0.133 e. The van der Waals surface area contributed by atoms with Crippen molar-refractivity contribution in [2.24, 2.45) is 0 Å². The van der Waals surface area contributed by atoms with Crippen molar-refractivity contribution < 1.29 is 10.0 Å². The van der Waals surface area contributed by atoms with E-state index in [-0.39, 0.29) is 0 Å². The molecule has 0 spiro atoms. The van der Waals surface area contributed by atoms with Crippen molar-refractivity contribution in [2.45, 2.75) is 17.9 Å². The topological polar surface area (TPSA) is 24.7 Å². The molecule has 0 aromatic carbocycles. The molecule has 0 amide bonds. The van der Waals surface area contributed by atoms with Gasteiger partial charge in [0.15, 0.2) is 0 Å². The van der Waals surface area contributed by atoms with Crippen LogP contribution in [0.3, 0.4) is 0 Å². The Morgan fingerprint density at radius 2 is 1.30 bits per heavy atom. The standard InChI is InChI=1S/C3H6Cl2O.C3H9N/c1-2(6)3(4)5;1-4(2)3/h2-3,6H,1H3;1-3H3/p+1. The van der Waals surface area contributed by atoms with E-state index in [0.29, 0.717) is 0 Å². The largest absolute Gasteiger partial charge is 0.391 e. The first-order valence-corrected chi connectivity index (χ1v) is 3.98. The lowest BCUT2D eigenvalue weighted by molar-refractivity contribution is -0.836. The highest BCUT2D eigenvalue weighted by molar-refractivity contribution is 6.44. The van der Waals surface area contributed by atoms with Crippen molar-refractivity contribution in [1.29, 1.82) is 0 Å². The Hall–Kier alpha value is 0.500. The Morgan fingerprint density at radius 1 is 1.20 bits per heavy atom. The first-order chi connectivity index (χ1) is 4.37. The maximum Gasteiger partial charge on any atom is 0.133 e. The van der Waals surface area contributed by atoms with E-state index in [4.69, 9.17) is 28.3 Å². The lowest BCUT2D eigenvalue weighted by Crippen LogP contribution is -3.02. The van der Waals surface area contributed by atoms with E-state index in [1.165, 1.54) is 11.8 Å². The zero-order valence-electron chi connectivity index (χ0n) is 6.86. The van der Waals surface area contributed by atoms with Crippen LogP contribution in [0.15, 0.2) is 0 Å². The van der Waals surface area contributed by atoms with Crippen LogP contribution in [0.2, 0.25) is 0 Å². The van der Waals surface area contributed by atoms with Gasteiger partial charge in [-0.1, -0.05) is 0 Å². The van der Waals surface area contributed by atoms with Crippen molar-refractivity contribution in [3.8, 4) is 0 Å². The van der Waals surface area contributed by atoms with Gasteiger partial charge in [-0.05, 0) is 6.92 Å². The number of aliphatic hydroxyl groups excluding tert-OH is 1. The predicted octanol–water partition coefficient (Wildman–Crippen LogP) is -0.0684. The molecule has 4 heteroatoms. The number of hydrogen-bond acceptors (Lipinski definition) is 1. The Morgan fingerprint density at radius 3 is 1.30 bits per heavy atom. The first kappa shape index (κ1) is 13.1. The molecule has 0 aromatic rings. The molecule has 0 aliphatic carbocycles. The maximum atomic E-state index is 8.37. The Kier molecular flexibility index (Phi) is 9.97. The molecule has 2 N–H and O–H groups in total. The summed E-state index contributed by atoms with van der Waals surface area (Å²) in [5.74, 6) is 0. The van der Waals surface area contributed by atoms with Crippen LogP contribution in [0.4, 0.5) is 0 Å². The van der Waals surface area contributed by atoms with Gasteiger partial charge in [0.05, 0.1) is 27.2 Å². The van der Waals surface area contributed by atoms with Gasteiger partial charge in [0.2, 0.25) is 0 Å². The minimum atomic E-state index is -0.648. The molecule has 0 fully saturated rings. The fourth-order valence-electron chi connectivity index (χ4n) is 0. The van der Waals surface area contributed by atoms with Crippen LogP contribution in [0.5, 0.6) is 0 Å². The second-order valence-electron chi connectivity index (χ2n) is 2.58. The van der Waals surface area contributed by atoms with Gasteiger partial charge < -0.3 is 10.0 Å². The summed E-state index contributed by atoms with van der Waals surface area (Å²) in [7, 11) is 6.25. The fourth-order valence-corrected chi connectivity index (χ4v) is 0. The summed E-state index contributed by atoms with van der Waals surface area (Å²) in [5.41, 5.74) is 0. The lowest BCUT2D eigenvalue weighted by Gasteiger charge is -1.99. The molecule has 0 saturated heterocycles. The number of aliphatic hydroxyl groups is 1. The van der Waals surface area contributed by atoms with Gasteiger partial charge in [0.25, 0.3) is 0 Å². The van der Waals surface area contributed by atoms with Crippen molar-refractivity contribution >= 4 is 23.2 Å². The molecule has 0 aliphatic heterocycles. The Labute approximate surface area is 72.7 Å². The van der Waals surface area contributed by atoms with Crippen LogP contribution < -0.4 is 4.90 Å². The van der Waals surface area contributed by atoms with Crippen LogP contribution in [0.1, 0.15) is 6.92 Å². The number of rotatable bonds is 1. The molecule has 64 valence electrons. The summed E-state index contributed by atoms with van der Waals surface area (Å²) in [4.78, 5) is 0.769. The van der Waals surface area contributed by atoms with E-state index < -0.39 is 10.9 Å². The lowest BCUT2D eigenvalue weighted by atomic mass is 10.5.